The normalized spacial score (nSPS) is 22.3. The Hall–Kier alpha value is -1.71. The molecule has 0 saturated carbocycles. The van der Waals surface area contributed by atoms with Gasteiger partial charge < -0.3 is 24.8 Å². The summed E-state index contributed by atoms with van der Waals surface area (Å²) in [6.07, 6.45) is 5.39. The number of nitrogens with zero attached hydrogens (tertiary/aromatic N) is 4. The molecule has 0 spiro atoms. The van der Waals surface area contributed by atoms with Crippen molar-refractivity contribution >= 4 is 5.96 Å². The van der Waals surface area contributed by atoms with Crippen molar-refractivity contribution < 1.29 is 14.2 Å². The molecule has 0 aromatic carbocycles. The van der Waals surface area contributed by atoms with Crippen molar-refractivity contribution in [3.63, 3.8) is 0 Å². The Balaban J connectivity index is 1.39. The first-order valence-electron chi connectivity index (χ1n) is 10.4. The number of hydrogen-bond acceptors (Lipinski definition) is 6. The van der Waals surface area contributed by atoms with Crippen LogP contribution in [0, 0.1) is 0 Å². The van der Waals surface area contributed by atoms with Crippen LogP contribution in [0.15, 0.2) is 4.99 Å². The van der Waals surface area contributed by atoms with Crippen LogP contribution >= 0.6 is 0 Å². The molecule has 1 saturated heterocycles. The minimum absolute atomic E-state index is 0.290. The second kappa shape index (κ2) is 11.3. The van der Waals surface area contributed by atoms with Crippen LogP contribution in [0.3, 0.4) is 0 Å². The van der Waals surface area contributed by atoms with Crippen molar-refractivity contribution in [1.29, 1.82) is 0 Å². The van der Waals surface area contributed by atoms with Gasteiger partial charge in [0, 0.05) is 45.9 Å². The molecule has 9 nitrogen and oxygen atoms in total. The minimum Gasteiger partial charge on any atom is -0.379 e. The number of fused-ring (bicyclic) bond motifs is 1. The lowest BCUT2D eigenvalue weighted by atomic mass is 10.1. The van der Waals surface area contributed by atoms with E-state index in [1.165, 1.54) is 0 Å². The largest absolute Gasteiger partial charge is 0.379 e. The zero-order chi connectivity index (χ0) is 19.6. The van der Waals surface area contributed by atoms with E-state index in [1.807, 2.05) is 4.68 Å². The number of aromatic nitrogens is 3. The minimum atomic E-state index is 0.290. The van der Waals surface area contributed by atoms with Crippen LogP contribution < -0.4 is 10.6 Å². The first-order valence-corrected chi connectivity index (χ1v) is 10.4. The molecule has 9 heteroatoms. The number of hydrogen-bond donors (Lipinski definition) is 2. The highest BCUT2D eigenvalue weighted by Crippen LogP contribution is 2.14. The van der Waals surface area contributed by atoms with E-state index in [0.29, 0.717) is 19.3 Å². The molecule has 3 heterocycles. The van der Waals surface area contributed by atoms with Crippen LogP contribution in [0.4, 0.5) is 0 Å². The van der Waals surface area contributed by atoms with Gasteiger partial charge in [0.05, 0.1) is 19.3 Å². The Kier molecular flexibility index (Phi) is 8.50. The van der Waals surface area contributed by atoms with Crippen LogP contribution in [-0.2, 0) is 33.8 Å². The molecule has 1 aromatic heterocycles. The fourth-order valence-corrected chi connectivity index (χ4v) is 3.53. The highest BCUT2D eigenvalue weighted by molar-refractivity contribution is 5.80. The van der Waals surface area contributed by atoms with Gasteiger partial charge in [-0.05, 0) is 32.6 Å². The Morgan fingerprint density at radius 3 is 3.11 bits per heavy atom. The van der Waals surface area contributed by atoms with Gasteiger partial charge in [-0.2, -0.15) is 5.10 Å². The highest BCUT2D eigenvalue weighted by atomic mass is 16.5. The van der Waals surface area contributed by atoms with Crippen LogP contribution in [0.1, 0.15) is 44.3 Å². The van der Waals surface area contributed by atoms with Gasteiger partial charge in [-0.15, -0.1) is 0 Å². The molecule has 3 rings (SSSR count). The maximum absolute atomic E-state index is 5.71. The summed E-state index contributed by atoms with van der Waals surface area (Å²) >= 11 is 0. The topological polar surface area (TPSA) is 94.8 Å². The summed E-state index contributed by atoms with van der Waals surface area (Å²) in [5, 5.41) is 11.4. The molecule has 0 radical (unpaired) electrons. The predicted molar refractivity (Wildman–Crippen MR) is 106 cm³/mol. The van der Waals surface area contributed by atoms with Crippen molar-refractivity contribution in [3.8, 4) is 0 Å². The fourth-order valence-electron chi connectivity index (χ4n) is 3.53. The highest BCUT2D eigenvalue weighted by Gasteiger charge is 2.22. The SMILES string of the molecule is CCNC(=NCCCOCC1CCCO1)NC1CCc2nc(COC)nn2C1. The van der Waals surface area contributed by atoms with Gasteiger partial charge in [-0.1, -0.05) is 0 Å². The summed E-state index contributed by atoms with van der Waals surface area (Å²) in [6, 6.07) is 0.290. The molecule has 0 bridgehead atoms. The standard InChI is InChI=1S/C19H34N6O3/c1-3-20-19(21-9-5-10-27-13-16-6-4-11-28-16)22-15-7-8-18-23-17(14-26-2)24-25(18)12-15/h15-16H,3-14H2,1-2H3,(H2,20,21,22). The van der Waals surface area contributed by atoms with Gasteiger partial charge in [-0.3, -0.25) is 4.99 Å². The lowest BCUT2D eigenvalue weighted by Crippen LogP contribution is -2.47. The van der Waals surface area contributed by atoms with Gasteiger partial charge in [0.1, 0.15) is 12.4 Å². The zero-order valence-corrected chi connectivity index (χ0v) is 17.2. The summed E-state index contributed by atoms with van der Waals surface area (Å²) in [6.45, 7) is 7.20. The number of nitrogens with one attached hydrogen (secondary N) is 2. The lowest BCUT2D eigenvalue weighted by Gasteiger charge is -2.25. The summed E-state index contributed by atoms with van der Waals surface area (Å²) in [5.41, 5.74) is 0. The van der Waals surface area contributed by atoms with Gasteiger partial charge in [0.2, 0.25) is 0 Å². The maximum atomic E-state index is 5.71. The number of rotatable bonds is 10. The molecule has 0 aliphatic carbocycles. The molecule has 2 N–H and O–H groups in total. The molecule has 28 heavy (non-hydrogen) atoms. The van der Waals surface area contributed by atoms with Gasteiger partial charge in [-0.25, -0.2) is 9.67 Å². The number of guanidine groups is 1. The Morgan fingerprint density at radius 1 is 1.39 bits per heavy atom. The second-order valence-corrected chi connectivity index (χ2v) is 7.26. The Morgan fingerprint density at radius 2 is 2.32 bits per heavy atom. The van der Waals surface area contributed by atoms with E-state index < -0.39 is 0 Å². The lowest BCUT2D eigenvalue weighted by molar-refractivity contribution is 0.0171. The number of aliphatic imine (C=N–C) groups is 1. The third kappa shape index (κ3) is 6.42. The van der Waals surface area contributed by atoms with Crippen molar-refractivity contribution in [2.75, 3.05) is 40.0 Å². The van der Waals surface area contributed by atoms with Gasteiger partial charge in [0.25, 0.3) is 0 Å². The van der Waals surface area contributed by atoms with E-state index in [9.17, 15) is 0 Å². The van der Waals surface area contributed by atoms with E-state index >= 15 is 0 Å². The van der Waals surface area contributed by atoms with Gasteiger partial charge in [0.15, 0.2) is 11.8 Å². The quantitative estimate of drug-likeness (QED) is 0.346. The first-order chi connectivity index (χ1) is 13.8. The van der Waals surface area contributed by atoms with Crippen molar-refractivity contribution in [2.24, 2.45) is 4.99 Å². The third-order valence-electron chi connectivity index (χ3n) is 4.90. The molecule has 2 aliphatic heterocycles. The second-order valence-electron chi connectivity index (χ2n) is 7.26. The van der Waals surface area contributed by atoms with Crippen molar-refractivity contribution in [2.45, 2.75) is 64.3 Å². The fraction of sp³-hybridized carbons (Fsp3) is 0.842. The molecule has 2 unspecified atom stereocenters. The molecule has 158 valence electrons. The van der Waals surface area contributed by atoms with Crippen LogP contribution in [0.2, 0.25) is 0 Å². The first kappa shape index (κ1) is 21.0. The number of methoxy groups -OCH3 is 1. The Bertz CT molecular complexity index is 615. The smallest absolute Gasteiger partial charge is 0.191 e. The average molecular weight is 395 g/mol. The van der Waals surface area contributed by atoms with E-state index in [1.54, 1.807) is 7.11 Å². The third-order valence-corrected chi connectivity index (χ3v) is 4.90. The van der Waals surface area contributed by atoms with E-state index in [-0.39, 0.29) is 6.04 Å². The monoisotopic (exact) mass is 394 g/mol. The van der Waals surface area contributed by atoms with Crippen LogP contribution in [0.5, 0.6) is 0 Å². The molecular formula is C19H34N6O3. The van der Waals surface area contributed by atoms with Crippen molar-refractivity contribution in [1.82, 2.24) is 25.4 Å². The van der Waals surface area contributed by atoms with E-state index in [2.05, 4.69) is 32.6 Å². The van der Waals surface area contributed by atoms with E-state index in [4.69, 9.17) is 14.2 Å². The average Bonchev–Trinajstić information content (AvgIpc) is 3.34. The van der Waals surface area contributed by atoms with Crippen molar-refractivity contribution in [3.05, 3.63) is 11.6 Å². The zero-order valence-electron chi connectivity index (χ0n) is 17.2. The molecular weight excluding hydrogens is 360 g/mol. The molecule has 1 fully saturated rings. The summed E-state index contributed by atoms with van der Waals surface area (Å²) in [5.74, 6) is 2.64. The van der Waals surface area contributed by atoms with Crippen LogP contribution in [-0.4, -0.2) is 72.9 Å². The molecule has 1 aromatic rings. The predicted octanol–water partition coefficient (Wildman–Crippen LogP) is 0.880. The van der Waals surface area contributed by atoms with Gasteiger partial charge >= 0.3 is 0 Å². The molecule has 2 atom stereocenters. The maximum Gasteiger partial charge on any atom is 0.191 e. The summed E-state index contributed by atoms with van der Waals surface area (Å²) in [4.78, 5) is 9.21. The number of aryl methyl sites for hydroxylation is 1. The summed E-state index contributed by atoms with van der Waals surface area (Å²) in [7, 11) is 1.66. The van der Waals surface area contributed by atoms with E-state index in [0.717, 1.165) is 82.6 Å². The molecule has 0 amide bonds. The number of ether oxygens (including phenoxy) is 3. The molecule has 2 aliphatic rings. The Labute approximate surface area is 167 Å². The summed E-state index contributed by atoms with van der Waals surface area (Å²) < 4.78 is 18.4. The van der Waals surface area contributed by atoms with Crippen LogP contribution in [0.25, 0.3) is 0 Å².